The average molecular weight is 303 g/mol. The van der Waals surface area contributed by atoms with Crippen molar-refractivity contribution >= 4 is 38.8 Å². The van der Waals surface area contributed by atoms with E-state index < -0.39 is 0 Å². The molecule has 2 nitrogen and oxygen atoms in total. The number of hydrogen-bond acceptors (Lipinski definition) is 3. The van der Waals surface area contributed by atoms with Gasteiger partial charge in [0.1, 0.15) is 0 Å². The summed E-state index contributed by atoms with van der Waals surface area (Å²) in [5.74, 6) is 0. The van der Waals surface area contributed by atoms with Gasteiger partial charge < -0.3 is 5.32 Å². The Labute approximate surface area is 127 Å². The predicted molar refractivity (Wildman–Crippen MR) is 87.9 cm³/mol. The number of nitrogens with zero attached hydrogens (tertiary/aromatic N) is 1. The Hall–Kier alpha value is -1.58. The van der Waals surface area contributed by atoms with Crippen molar-refractivity contribution < 1.29 is 0 Å². The molecule has 0 unspecified atom stereocenters. The number of halogens is 1. The highest BCUT2D eigenvalue weighted by Gasteiger charge is 2.02. The lowest BCUT2D eigenvalue weighted by Crippen LogP contribution is -1.99. The van der Waals surface area contributed by atoms with Crippen LogP contribution in [0.3, 0.4) is 0 Å². The number of fused-ring (bicyclic) bond motifs is 1. The van der Waals surface area contributed by atoms with Crippen molar-refractivity contribution in [2.45, 2.75) is 20.4 Å². The number of rotatable bonds is 3. The van der Waals surface area contributed by atoms with Gasteiger partial charge in [-0.2, -0.15) is 0 Å². The molecule has 0 aliphatic heterocycles. The van der Waals surface area contributed by atoms with Crippen LogP contribution >= 0.6 is 22.9 Å². The summed E-state index contributed by atoms with van der Waals surface area (Å²) in [5, 5.41) is 5.35. The Balaban J connectivity index is 1.77. The van der Waals surface area contributed by atoms with Crippen molar-refractivity contribution in [2.24, 2.45) is 0 Å². The maximum absolute atomic E-state index is 6.14. The van der Waals surface area contributed by atoms with Gasteiger partial charge in [-0.1, -0.05) is 23.7 Å². The van der Waals surface area contributed by atoms with Gasteiger partial charge >= 0.3 is 0 Å². The largest absolute Gasteiger partial charge is 0.381 e. The Morgan fingerprint density at radius 1 is 1.15 bits per heavy atom. The minimum absolute atomic E-state index is 0.767. The minimum atomic E-state index is 0.767. The van der Waals surface area contributed by atoms with Crippen LogP contribution in [0.5, 0.6) is 0 Å². The Kier molecular flexibility index (Phi) is 3.64. The molecule has 0 aliphatic carbocycles. The average Bonchev–Trinajstić information content (AvgIpc) is 2.79. The number of aryl methyl sites for hydroxylation is 2. The highest BCUT2D eigenvalue weighted by atomic mass is 35.5. The van der Waals surface area contributed by atoms with Crippen molar-refractivity contribution in [3.63, 3.8) is 0 Å². The Morgan fingerprint density at radius 3 is 2.80 bits per heavy atom. The molecule has 3 aromatic rings. The van der Waals surface area contributed by atoms with Gasteiger partial charge in [-0.25, -0.2) is 4.98 Å². The van der Waals surface area contributed by atoms with E-state index >= 15 is 0 Å². The van der Waals surface area contributed by atoms with E-state index in [0.717, 1.165) is 33.3 Å². The smallest absolute Gasteiger partial charge is 0.0907 e. The zero-order chi connectivity index (χ0) is 14.1. The van der Waals surface area contributed by atoms with Crippen molar-refractivity contribution in [3.05, 3.63) is 57.6 Å². The number of anilines is 1. The SMILES string of the molecule is Cc1nc2ccc(NCc3ccc(C)c(Cl)c3)cc2s1. The molecule has 0 radical (unpaired) electrons. The second-order valence-electron chi connectivity index (χ2n) is 4.85. The molecule has 0 fully saturated rings. The van der Waals surface area contributed by atoms with Crippen LogP contribution in [0.4, 0.5) is 5.69 Å². The van der Waals surface area contributed by atoms with Crippen LogP contribution in [-0.2, 0) is 6.54 Å². The van der Waals surface area contributed by atoms with Crippen molar-refractivity contribution in [2.75, 3.05) is 5.32 Å². The summed E-state index contributed by atoms with van der Waals surface area (Å²) >= 11 is 7.86. The second-order valence-corrected chi connectivity index (χ2v) is 6.49. The minimum Gasteiger partial charge on any atom is -0.381 e. The lowest BCUT2D eigenvalue weighted by Gasteiger charge is -2.08. The standard InChI is InChI=1S/C16H15ClN2S/c1-10-3-4-12(7-14(10)17)9-18-13-5-6-15-16(8-13)20-11(2)19-15/h3-8,18H,9H2,1-2H3. The maximum atomic E-state index is 6.14. The molecule has 1 heterocycles. The van der Waals surface area contributed by atoms with Crippen molar-refractivity contribution in [1.29, 1.82) is 0 Å². The van der Waals surface area contributed by atoms with Gasteiger partial charge in [0.2, 0.25) is 0 Å². The number of benzene rings is 2. The molecule has 3 rings (SSSR count). The van der Waals surface area contributed by atoms with Gasteiger partial charge in [-0.05, 0) is 49.2 Å². The van der Waals surface area contributed by atoms with Crippen LogP contribution < -0.4 is 5.32 Å². The molecule has 0 bridgehead atoms. The summed E-state index contributed by atoms with van der Waals surface area (Å²) < 4.78 is 1.22. The third-order valence-corrected chi connectivity index (χ3v) is 4.57. The molecule has 20 heavy (non-hydrogen) atoms. The molecule has 4 heteroatoms. The first-order chi connectivity index (χ1) is 9.61. The van der Waals surface area contributed by atoms with Gasteiger partial charge in [0.25, 0.3) is 0 Å². The normalized spacial score (nSPS) is 10.9. The van der Waals surface area contributed by atoms with E-state index in [0.29, 0.717) is 0 Å². The maximum Gasteiger partial charge on any atom is 0.0907 e. The predicted octanol–water partition coefficient (Wildman–Crippen LogP) is 5.18. The lowest BCUT2D eigenvalue weighted by molar-refractivity contribution is 1.15. The Morgan fingerprint density at radius 2 is 2.00 bits per heavy atom. The summed E-state index contributed by atoms with van der Waals surface area (Å²) in [6, 6.07) is 12.4. The first kappa shape index (κ1) is 13.4. The molecule has 0 saturated heterocycles. The molecule has 0 atom stereocenters. The van der Waals surface area contributed by atoms with Crippen LogP contribution in [0.1, 0.15) is 16.1 Å². The van der Waals surface area contributed by atoms with Gasteiger partial charge in [0.15, 0.2) is 0 Å². The van der Waals surface area contributed by atoms with Crippen LogP contribution in [0, 0.1) is 13.8 Å². The monoisotopic (exact) mass is 302 g/mol. The molecule has 0 amide bonds. The molecule has 0 spiro atoms. The van der Waals surface area contributed by atoms with E-state index in [9.17, 15) is 0 Å². The number of hydrogen-bond donors (Lipinski definition) is 1. The molecular formula is C16H15ClN2S. The fourth-order valence-electron chi connectivity index (χ4n) is 2.10. The topological polar surface area (TPSA) is 24.9 Å². The van der Waals surface area contributed by atoms with Crippen molar-refractivity contribution in [3.8, 4) is 0 Å². The summed E-state index contributed by atoms with van der Waals surface area (Å²) in [6.07, 6.45) is 0. The van der Waals surface area contributed by atoms with Crippen LogP contribution in [0.25, 0.3) is 10.2 Å². The van der Waals surface area contributed by atoms with Crippen molar-refractivity contribution in [1.82, 2.24) is 4.98 Å². The van der Waals surface area contributed by atoms with Crippen LogP contribution in [0.15, 0.2) is 36.4 Å². The summed E-state index contributed by atoms with van der Waals surface area (Å²) in [7, 11) is 0. The highest BCUT2D eigenvalue weighted by Crippen LogP contribution is 2.25. The van der Waals surface area contributed by atoms with E-state index in [4.69, 9.17) is 11.6 Å². The molecule has 0 aliphatic rings. The molecule has 102 valence electrons. The molecule has 1 N–H and O–H groups in total. The van der Waals surface area contributed by atoms with Gasteiger partial charge in [-0.15, -0.1) is 11.3 Å². The van der Waals surface area contributed by atoms with E-state index in [-0.39, 0.29) is 0 Å². The van der Waals surface area contributed by atoms with E-state index in [1.165, 1.54) is 10.3 Å². The lowest BCUT2D eigenvalue weighted by atomic mass is 10.1. The van der Waals surface area contributed by atoms with Crippen LogP contribution in [0.2, 0.25) is 5.02 Å². The van der Waals surface area contributed by atoms with Gasteiger partial charge in [-0.3, -0.25) is 0 Å². The quantitative estimate of drug-likeness (QED) is 0.721. The number of aromatic nitrogens is 1. The van der Waals surface area contributed by atoms with Gasteiger partial charge in [0.05, 0.1) is 15.2 Å². The first-order valence-corrected chi connectivity index (χ1v) is 7.67. The molecular weight excluding hydrogens is 288 g/mol. The summed E-state index contributed by atoms with van der Waals surface area (Å²) in [4.78, 5) is 4.47. The van der Waals surface area contributed by atoms with E-state index in [1.54, 1.807) is 11.3 Å². The number of nitrogens with one attached hydrogen (secondary N) is 1. The van der Waals surface area contributed by atoms with E-state index in [1.807, 2.05) is 19.9 Å². The zero-order valence-corrected chi connectivity index (χ0v) is 13.0. The van der Waals surface area contributed by atoms with E-state index in [2.05, 4.69) is 40.6 Å². The Bertz CT molecular complexity index is 764. The fourth-order valence-corrected chi connectivity index (χ4v) is 3.17. The highest BCUT2D eigenvalue weighted by molar-refractivity contribution is 7.18. The third-order valence-electron chi connectivity index (χ3n) is 3.23. The first-order valence-electron chi connectivity index (χ1n) is 6.48. The van der Waals surface area contributed by atoms with Crippen LogP contribution in [-0.4, -0.2) is 4.98 Å². The third kappa shape index (κ3) is 2.79. The summed E-state index contributed by atoms with van der Waals surface area (Å²) in [5.41, 5.74) is 4.47. The fraction of sp³-hybridized carbons (Fsp3) is 0.188. The zero-order valence-electron chi connectivity index (χ0n) is 11.4. The second kappa shape index (κ2) is 5.43. The number of thiazole rings is 1. The van der Waals surface area contributed by atoms with Gasteiger partial charge in [0, 0.05) is 17.3 Å². The summed E-state index contributed by atoms with van der Waals surface area (Å²) in [6.45, 7) is 4.81. The molecule has 2 aromatic carbocycles. The molecule has 0 saturated carbocycles. The molecule has 1 aromatic heterocycles.